The average Bonchev–Trinajstić information content (AvgIpc) is 2.88. The molecule has 1 saturated heterocycles. The van der Waals surface area contributed by atoms with E-state index in [9.17, 15) is 4.79 Å². The molecule has 104 valence electrons. The molecule has 2 rings (SSSR count). The maximum absolute atomic E-state index is 12.1. The Hall–Kier alpha value is -1.55. The molecule has 0 bridgehead atoms. The molecule has 0 aromatic heterocycles. The molecule has 1 aromatic carbocycles. The van der Waals surface area contributed by atoms with E-state index in [4.69, 9.17) is 4.74 Å². The molecule has 1 aliphatic rings. The van der Waals surface area contributed by atoms with Gasteiger partial charge in [0.05, 0.1) is 6.10 Å². The number of benzene rings is 1. The standard InChI is InChI=1S/C15H22N2O2/c1-11(2)19-14-5-3-4-13(8-14)15(18)17-10-12-6-7-16-9-12/h3-5,8,11-12,16H,6-7,9-10H2,1-2H3,(H,17,18). The van der Waals surface area contributed by atoms with Crippen LogP contribution in [0.3, 0.4) is 0 Å². The molecule has 1 aromatic rings. The first-order valence-electron chi connectivity index (χ1n) is 6.91. The Morgan fingerprint density at radius 1 is 1.53 bits per heavy atom. The minimum Gasteiger partial charge on any atom is -0.491 e. The molecule has 1 atom stereocenters. The Balaban J connectivity index is 1.90. The zero-order valence-electron chi connectivity index (χ0n) is 11.6. The summed E-state index contributed by atoms with van der Waals surface area (Å²) in [7, 11) is 0. The second-order valence-electron chi connectivity index (χ2n) is 5.26. The van der Waals surface area contributed by atoms with Crippen LogP contribution in [0, 0.1) is 5.92 Å². The van der Waals surface area contributed by atoms with E-state index >= 15 is 0 Å². The predicted molar refractivity (Wildman–Crippen MR) is 75.5 cm³/mol. The van der Waals surface area contributed by atoms with Crippen molar-refractivity contribution < 1.29 is 9.53 Å². The van der Waals surface area contributed by atoms with Crippen molar-refractivity contribution in [1.29, 1.82) is 0 Å². The van der Waals surface area contributed by atoms with E-state index in [1.54, 1.807) is 6.07 Å². The van der Waals surface area contributed by atoms with Crippen LogP contribution >= 0.6 is 0 Å². The van der Waals surface area contributed by atoms with Crippen molar-refractivity contribution in [3.8, 4) is 5.75 Å². The largest absolute Gasteiger partial charge is 0.491 e. The van der Waals surface area contributed by atoms with Crippen molar-refractivity contribution >= 4 is 5.91 Å². The van der Waals surface area contributed by atoms with Gasteiger partial charge in [-0.15, -0.1) is 0 Å². The van der Waals surface area contributed by atoms with E-state index in [0.717, 1.165) is 31.8 Å². The summed E-state index contributed by atoms with van der Waals surface area (Å²) in [6.45, 7) is 6.73. The Morgan fingerprint density at radius 2 is 2.37 bits per heavy atom. The van der Waals surface area contributed by atoms with Gasteiger partial charge in [0.1, 0.15) is 5.75 Å². The molecule has 0 aliphatic carbocycles. The smallest absolute Gasteiger partial charge is 0.251 e. The summed E-state index contributed by atoms with van der Waals surface area (Å²) in [5.41, 5.74) is 0.657. The molecule has 0 radical (unpaired) electrons. The van der Waals surface area contributed by atoms with Crippen molar-refractivity contribution in [2.45, 2.75) is 26.4 Å². The maximum atomic E-state index is 12.1. The fourth-order valence-corrected chi connectivity index (χ4v) is 2.21. The summed E-state index contributed by atoms with van der Waals surface area (Å²) in [5, 5.41) is 6.28. The molecule has 2 N–H and O–H groups in total. The third-order valence-electron chi connectivity index (χ3n) is 3.18. The van der Waals surface area contributed by atoms with Crippen LogP contribution in [0.4, 0.5) is 0 Å². The molecule has 0 spiro atoms. The lowest BCUT2D eigenvalue weighted by Gasteiger charge is -2.12. The average molecular weight is 262 g/mol. The van der Waals surface area contributed by atoms with Crippen LogP contribution in [0.2, 0.25) is 0 Å². The molecule has 1 unspecified atom stereocenters. The van der Waals surface area contributed by atoms with Crippen LogP contribution in [0.5, 0.6) is 5.75 Å². The van der Waals surface area contributed by atoms with Gasteiger partial charge in [-0.25, -0.2) is 0 Å². The van der Waals surface area contributed by atoms with E-state index in [-0.39, 0.29) is 12.0 Å². The van der Waals surface area contributed by atoms with Gasteiger partial charge in [-0.2, -0.15) is 0 Å². The van der Waals surface area contributed by atoms with Gasteiger partial charge < -0.3 is 15.4 Å². The number of carbonyl (C=O) groups excluding carboxylic acids is 1. The number of amides is 1. The number of hydrogen-bond acceptors (Lipinski definition) is 3. The molecular weight excluding hydrogens is 240 g/mol. The highest BCUT2D eigenvalue weighted by Crippen LogP contribution is 2.15. The Kier molecular flexibility index (Phi) is 4.80. The zero-order valence-corrected chi connectivity index (χ0v) is 11.6. The molecule has 19 heavy (non-hydrogen) atoms. The van der Waals surface area contributed by atoms with Crippen LogP contribution in [0.25, 0.3) is 0 Å². The summed E-state index contributed by atoms with van der Waals surface area (Å²) in [4.78, 5) is 12.1. The quantitative estimate of drug-likeness (QED) is 0.851. The summed E-state index contributed by atoms with van der Waals surface area (Å²) in [6.07, 6.45) is 1.25. The van der Waals surface area contributed by atoms with Gasteiger partial charge in [0, 0.05) is 12.1 Å². The van der Waals surface area contributed by atoms with Crippen molar-refractivity contribution in [1.82, 2.24) is 10.6 Å². The van der Waals surface area contributed by atoms with Crippen molar-refractivity contribution in [2.75, 3.05) is 19.6 Å². The lowest BCUT2D eigenvalue weighted by Crippen LogP contribution is -2.30. The molecule has 1 fully saturated rings. The summed E-state index contributed by atoms with van der Waals surface area (Å²) in [5.74, 6) is 1.27. The molecular formula is C15H22N2O2. The van der Waals surface area contributed by atoms with Gasteiger partial charge in [0.25, 0.3) is 5.91 Å². The monoisotopic (exact) mass is 262 g/mol. The summed E-state index contributed by atoms with van der Waals surface area (Å²) in [6, 6.07) is 7.33. The molecule has 1 aliphatic heterocycles. The van der Waals surface area contributed by atoms with Gasteiger partial charge >= 0.3 is 0 Å². The Labute approximate surface area is 114 Å². The zero-order chi connectivity index (χ0) is 13.7. The highest BCUT2D eigenvalue weighted by atomic mass is 16.5. The van der Waals surface area contributed by atoms with Crippen LogP contribution in [0.15, 0.2) is 24.3 Å². The third-order valence-corrected chi connectivity index (χ3v) is 3.18. The number of nitrogens with one attached hydrogen (secondary N) is 2. The van der Waals surface area contributed by atoms with E-state index in [1.807, 2.05) is 32.0 Å². The topological polar surface area (TPSA) is 50.4 Å². The minimum atomic E-state index is -0.0268. The van der Waals surface area contributed by atoms with Gasteiger partial charge in [0.2, 0.25) is 0 Å². The number of rotatable bonds is 5. The molecule has 1 heterocycles. The van der Waals surface area contributed by atoms with Crippen LogP contribution < -0.4 is 15.4 Å². The fourth-order valence-electron chi connectivity index (χ4n) is 2.21. The highest BCUT2D eigenvalue weighted by molar-refractivity contribution is 5.94. The molecule has 0 saturated carbocycles. The number of carbonyl (C=O) groups is 1. The Bertz CT molecular complexity index is 426. The number of hydrogen-bond donors (Lipinski definition) is 2. The van der Waals surface area contributed by atoms with Crippen molar-refractivity contribution in [2.24, 2.45) is 5.92 Å². The molecule has 1 amide bonds. The van der Waals surface area contributed by atoms with Gasteiger partial charge in [-0.1, -0.05) is 6.07 Å². The fraction of sp³-hybridized carbons (Fsp3) is 0.533. The second-order valence-corrected chi connectivity index (χ2v) is 5.26. The number of ether oxygens (including phenoxy) is 1. The summed E-state index contributed by atoms with van der Waals surface area (Å²) < 4.78 is 5.59. The van der Waals surface area contributed by atoms with E-state index < -0.39 is 0 Å². The summed E-state index contributed by atoms with van der Waals surface area (Å²) >= 11 is 0. The van der Waals surface area contributed by atoms with E-state index in [2.05, 4.69) is 10.6 Å². The highest BCUT2D eigenvalue weighted by Gasteiger charge is 2.15. The van der Waals surface area contributed by atoms with Gasteiger partial charge in [-0.3, -0.25) is 4.79 Å². The maximum Gasteiger partial charge on any atom is 0.251 e. The minimum absolute atomic E-state index is 0.0268. The third kappa shape index (κ3) is 4.24. The Morgan fingerprint density at radius 3 is 3.05 bits per heavy atom. The van der Waals surface area contributed by atoms with Gasteiger partial charge in [0.15, 0.2) is 0 Å². The lowest BCUT2D eigenvalue weighted by molar-refractivity contribution is 0.0947. The first-order valence-corrected chi connectivity index (χ1v) is 6.91. The lowest BCUT2D eigenvalue weighted by atomic mass is 10.1. The predicted octanol–water partition coefficient (Wildman–Crippen LogP) is 1.81. The van der Waals surface area contributed by atoms with E-state index in [1.165, 1.54) is 0 Å². The van der Waals surface area contributed by atoms with E-state index in [0.29, 0.717) is 11.5 Å². The molecule has 4 nitrogen and oxygen atoms in total. The molecule has 4 heteroatoms. The second kappa shape index (κ2) is 6.57. The van der Waals surface area contributed by atoms with Crippen LogP contribution in [-0.4, -0.2) is 31.6 Å². The van der Waals surface area contributed by atoms with Gasteiger partial charge in [-0.05, 0) is 57.5 Å². The van der Waals surface area contributed by atoms with Crippen LogP contribution in [-0.2, 0) is 0 Å². The normalized spacial score (nSPS) is 18.6. The first-order chi connectivity index (χ1) is 9.15. The van der Waals surface area contributed by atoms with Crippen molar-refractivity contribution in [3.63, 3.8) is 0 Å². The van der Waals surface area contributed by atoms with Crippen molar-refractivity contribution in [3.05, 3.63) is 29.8 Å². The first kappa shape index (κ1) is 13.9. The van der Waals surface area contributed by atoms with Crippen LogP contribution in [0.1, 0.15) is 30.6 Å². The SMILES string of the molecule is CC(C)Oc1cccc(C(=O)NCC2CCNC2)c1.